The van der Waals surface area contributed by atoms with Crippen LogP contribution in [0, 0.1) is 5.92 Å². The Bertz CT molecular complexity index is 328. The molecule has 1 aromatic heterocycles. The number of aromatic nitrogens is 2. The van der Waals surface area contributed by atoms with Gasteiger partial charge in [-0.1, -0.05) is 6.92 Å². The summed E-state index contributed by atoms with van der Waals surface area (Å²) in [6.07, 6.45) is 4.92. The van der Waals surface area contributed by atoms with Crippen molar-refractivity contribution in [1.82, 2.24) is 15.5 Å². The van der Waals surface area contributed by atoms with Crippen LogP contribution in [0.3, 0.4) is 0 Å². The molecule has 0 atom stereocenters. The Balaban J connectivity index is 1.94. The van der Waals surface area contributed by atoms with Gasteiger partial charge in [-0.25, -0.2) is 0 Å². The monoisotopic (exact) mass is 193 g/mol. The number of hydrogen-bond acceptors (Lipinski definition) is 2. The van der Waals surface area contributed by atoms with E-state index in [9.17, 15) is 4.79 Å². The van der Waals surface area contributed by atoms with Gasteiger partial charge in [0.2, 0.25) is 0 Å². The normalized spacial score (nSPS) is 15.5. The van der Waals surface area contributed by atoms with Gasteiger partial charge in [-0.05, 0) is 25.2 Å². The van der Waals surface area contributed by atoms with Crippen LogP contribution < -0.4 is 5.32 Å². The number of nitrogens with one attached hydrogen (secondary N) is 2. The van der Waals surface area contributed by atoms with Crippen LogP contribution in [0.1, 0.15) is 35.8 Å². The highest BCUT2D eigenvalue weighted by atomic mass is 16.1. The minimum atomic E-state index is 0.00231. The molecule has 14 heavy (non-hydrogen) atoms. The number of hydrogen-bond donors (Lipinski definition) is 2. The van der Waals surface area contributed by atoms with Crippen molar-refractivity contribution >= 4 is 5.91 Å². The molecule has 4 heteroatoms. The maximum atomic E-state index is 11.6. The van der Waals surface area contributed by atoms with Gasteiger partial charge in [0, 0.05) is 12.2 Å². The molecule has 0 aromatic carbocycles. The minimum Gasteiger partial charge on any atom is -0.352 e. The van der Waals surface area contributed by atoms with Crippen molar-refractivity contribution in [2.24, 2.45) is 5.92 Å². The maximum absolute atomic E-state index is 11.6. The molecule has 2 N–H and O–H groups in total. The summed E-state index contributed by atoms with van der Waals surface area (Å²) in [4.78, 5) is 11.6. The fourth-order valence-electron chi connectivity index (χ4n) is 1.43. The summed E-state index contributed by atoms with van der Waals surface area (Å²) in [7, 11) is 0. The van der Waals surface area contributed by atoms with Crippen LogP contribution in [-0.2, 0) is 6.42 Å². The largest absolute Gasteiger partial charge is 0.352 e. The van der Waals surface area contributed by atoms with Crippen LogP contribution in [-0.4, -0.2) is 22.6 Å². The number of carbonyl (C=O) groups excluding carboxylic acids is 1. The van der Waals surface area contributed by atoms with E-state index in [1.54, 1.807) is 6.20 Å². The summed E-state index contributed by atoms with van der Waals surface area (Å²) in [6, 6.07) is 0. The molecule has 0 bridgehead atoms. The van der Waals surface area contributed by atoms with Crippen LogP contribution in [0.25, 0.3) is 0 Å². The quantitative estimate of drug-likeness (QED) is 0.752. The number of aromatic amines is 1. The van der Waals surface area contributed by atoms with E-state index >= 15 is 0 Å². The lowest BCUT2D eigenvalue weighted by molar-refractivity contribution is 0.0951. The van der Waals surface area contributed by atoms with Crippen LogP contribution in [0.2, 0.25) is 0 Å². The first-order chi connectivity index (χ1) is 6.81. The van der Waals surface area contributed by atoms with E-state index in [1.165, 1.54) is 12.8 Å². The molecule has 0 spiro atoms. The fourth-order valence-corrected chi connectivity index (χ4v) is 1.43. The van der Waals surface area contributed by atoms with E-state index in [2.05, 4.69) is 15.5 Å². The smallest absolute Gasteiger partial charge is 0.254 e. The summed E-state index contributed by atoms with van der Waals surface area (Å²) < 4.78 is 0. The second-order valence-corrected chi connectivity index (χ2v) is 3.77. The van der Waals surface area contributed by atoms with E-state index < -0.39 is 0 Å². The zero-order valence-electron chi connectivity index (χ0n) is 8.34. The Labute approximate surface area is 83.1 Å². The van der Waals surface area contributed by atoms with Gasteiger partial charge in [-0.15, -0.1) is 0 Å². The fraction of sp³-hybridized carbons (Fsp3) is 0.600. The lowest BCUT2D eigenvalue weighted by atomic mass is 10.2. The SMILES string of the molecule is CCc1[nH]ncc1C(=O)NCC1CC1. The summed E-state index contributed by atoms with van der Waals surface area (Å²) >= 11 is 0. The zero-order chi connectivity index (χ0) is 9.97. The Morgan fingerprint density at radius 3 is 3.14 bits per heavy atom. The van der Waals surface area contributed by atoms with Crippen molar-refractivity contribution in [2.45, 2.75) is 26.2 Å². The Morgan fingerprint density at radius 1 is 1.71 bits per heavy atom. The molecule has 1 fully saturated rings. The van der Waals surface area contributed by atoms with Gasteiger partial charge in [0.25, 0.3) is 5.91 Å². The Hall–Kier alpha value is -1.32. The molecule has 1 aromatic rings. The molecule has 1 amide bonds. The lowest BCUT2D eigenvalue weighted by Crippen LogP contribution is -2.26. The topological polar surface area (TPSA) is 57.8 Å². The summed E-state index contributed by atoms with van der Waals surface area (Å²) in [5.41, 5.74) is 1.60. The second kappa shape index (κ2) is 3.82. The van der Waals surface area contributed by atoms with Crippen LogP contribution in [0.5, 0.6) is 0 Å². The van der Waals surface area contributed by atoms with Gasteiger partial charge in [-0.3, -0.25) is 9.89 Å². The number of rotatable bonds is 4. The van der Waals surface area contributed by atoms with E-state index in [1.807, 2.05) is 6.92 Å². The Kier molecular flexibility index (Phi) is 2.52. The molecule has 4 nitrogen and oxygen atoms in total. The highest BCUT2D eigenvalue weighted by Crippen LogP contribution is 2.27. The number of amides is 1. The molecule has 0 radical (unpaired) electrons. The van der Waals surface area contributed by atoms with Gasteiger partial charge in [-0.2, -0.15) is 5.10 Å². The molecule has 1 heterocycles. The van der Waals surface area contributed by atoms with E-state index in [0.29, 0.717) is 5.56 Å². The van der Waals surface area contributed by atoms with Crippen LogP contribution in [0.15, 0.2) is 6.20 Å². The number of H-pyrrole nitrogens is 1. The Morgan fingerprint density at radius 2 is 2.50 bits per heavy atom. The number of aryl methyl sites for hydroxylation is 1. The molecule has 1 aliphatic rings. The predicted molar refractivity (Wildman–Crippen MR) is 53.0 cm³/mol. The third kappa shape index (κ3) is 1.95. The summed E-state index contributed by atoms with van der Waals surface area (Å²) in [5.74, 6) is 0.721. The summed E-state index contributed by atoms with van der Waals surface area (Å²) in [5, 5.41) is 9.62. The molecule has 1 aliphatic carbocycles. The molecule has 0 saturated heterocycles. The minimum absolute atomic E-state index is 0.00231. The van der Waals surface area contributed by atoms with Crippen LogP contribution in [0.4, 0.5) is 0 Å². The van der Waals surface area contributed by atoms with E-state index in [-0.39, 0.29) is 5.91 Å². The van der Waals surface area contributed by atoms with E-state index in [0.717, 1.165) is 24.6 Å². The van der Waals surface area contributed by atoms with Crippen molar-refractivity contribution in [3.63, 3.8) is 0 Å². The highest BCUT2D eigenvalue weighted by molar-refractivity contribution is 5.95. The standard InChI is InChI=1S/C10H15N3O/c1-2-9-8(6-12-13-9)10(14)11-5-7-3-4-7/h6-7H,2-5H2,1H3,(H,11,14)(H,12,13). The first-order valence-electron chi connectivity index (χ1n) is 5.11. The molecule has 76 valence electrons. The predicted octanol–water partition coefficient (Wildman–Crippen LogP) is 1.11. The second-order valence-electron chi connectivity index (χ2n) is 3.77. The first kappa shape index (κ1) is 9.24. The van der Waals surface area contributed by atoms with Gasteiger partial charge in [0.1, 0.15) is 0 Å². The molecule has 0 unspecified atom stereocenters. The van der Waals surface area contributed by atoms with Crippen molar-refractivity contribution in [1.29, 1.82) is 0 Å². The molecular formula is C10H15N3O. The maximum Gasteiger partial charge on any atom is 0.254 e. The average Bonchev–Trinajstić information content (AvgIpc) is 2.90. The van der Waals surface area contributed by atoms with Gasteiger partial charge < -0.3 is 5.32 Å². The third-order valence-corrected chi connectivity index (χ3v) is 2.56. The van der Waals surface area contributed by atoms with Crippen molar-refractivity contribution in [3.8, 4) is 0 Å². The molecule has 1 saturated carbocycles. The van der Waals surface area contributed by atoms with Crippen molar-refractivity contribution < 1.29 is 4.79 Å². The number of nitrogens with zero attached hydrogens (tertiary/aromatic N) is 1. The van der Waals surface area contributed by atoms with Crippen LogP contribution >= 0.6 is 0 Å². The first-order valence-corrected chi connectivity index (χ1v) is 5.11. The van der Waals surface area contributed by atoms with E-state index in [4.69, 9.17) is 0 Å². The molecular weight excluding hydrogens is 178 g/mol. The lowest BCUT2D eigenvalue weighted by Gasteiger charge is -2.02. The highest BCUT2D eigenvalue weighted by Gasteiger charge is 2.22. The summed E-state index contributed by atoms with van der Waals surface area (Å²) in [6.45, 7) is 2.82. The zero-order valence-corrected chi connectivity index (χ0v) is 8.34. The van der Waals surface area contributed by atoms with Gasteiger partial charge >= 0.3 is 0 Å². The third-order valence-electron chi connectivity index (χ3n) is 2.56. The van der Waals surface area contributed by atoms with Gasteiger partial charge in [0.15, 0.2) is 0 Å². The molecule has 0 aliphatic heterocycles. The van der Waals surface area contributed by atoms with Crippen molar-refractivity contribution in [3.05, 3.63) is 17.5 Å². The van der Waals surface area contributed by atoms with Gasteiger partial charge in [0.05, 0.1) is 11.8 Å². The van der Waals surface area contributed by atoms with Crippen molar-refractivity contribution in [2.75, 3.05) is 6.54 Å². The molecule has 2 rings (SSSR count). The average molecular weight is 193 g/mol. The number of carbonyl (C=O) groups is 1.